The highest BCUT2D eigenvalue weighted by atomic mass is 14.5. The molecule has 2 aliphatic rings. The van der Waals surface area contributed by atoms with Crippen molar-refractivity contribution in [2.75, 3.05) is 0 Å². The van der Waals surface area contributed by atoms with Crippen molar-refractivity contribution in [1.82, 2.24) is 0 Å². The molecular formula is C70H98. The van der Waals surface area contributed by atoms with Gasteiger partial charge in [-0.3, -0.25) is 0 Å². The third-order valence-corrected chi connectivity index (χ3v) is 17.8. The third-order valence-electron chi connectivity index (χ3n) is 17.8. The lowest BCUT2D eigenvalue weighted by Gasteiger charge is -2.34. The summed E-state index contributed by atoms with van der Waals surface area (Å²) in [6, 6.07) is 37.4. The summed E-state index contributed by atoms with van der Waals surface area (Å²) < 4.78 is 20.0. The van der Waals surface area contributed by atoms with Crippen molar-refractivity contribution < 1.29 is 5.94 Å². The van der Waals surface area contributed by atoms with Crippen LogP contribution in [-0.2, 0) is 17.3 Å². The highest BCUT2D eigenvalue weighted by molar-refractivity contribution is 6.05. The topological polar surface area (TPSA) is 0 Å². The largest absolute Gasteiger partial charge is 0.0654 e. The average Bonchev–Trinajstić information content (AvgIpc) is 3.84. The van der Waals surface area contributed by atoms with Gasteiger partial charge in [0.1, 0.15) is 0 Å². The van der Waals surface area contributed by atoms with Crippen molar-refractivity contribution in [2.24, 2.45) is 0 Å². The summed E-state index contributed by atoms with van der Waals surface area (Å²) in [4.78, 5) is 0. The van der Waals surface area contributed by atoms with Gasteiger partial charge in [0.05, 0.1) is 0 Å². The van der Waals surface area contributed by atoms with Crippen molar-refractivity contribution in [2.45, 2.75) is 245 Å². The average molecular weight is 944 g/mol. The minimum Gasteiger partial charge on any atom is -0.0654 e. The maximum atomic E-state index is 5.00. The summed E-state index contributed by atoms with van der Waals surface area (Å²) >= 11 is 0. The van der Waals surface area contributed by atoms with Gasteiger partial charge >= 0.3 is 0 Å². The molecule has 0 fully saturated rings. The normalized spacial score (nSPS) is 14.3. The van der Waals surface area contributed by atoms with Crippen molar-refractivity contribution in [3.8, 4) is 22.3 Å². The molecule has 378 valence electrons. The Morgan fingerprint density at radius 2 is 0.743 bits per heavy atom. The molecule has 0 atom stereocenters. The fourth-order valence-corrected chi connectivity index (χ4v) is 14.0. The smallest absolute Gasteiger partial charge is 0.0215 e. The van der Waals surface area contributed by atoms with Crippen LogP contribution in [0.2, 0.25) is 0 Å². The molecule has 0 nitrogen and oxygen atoms in total. The van der Waals surface area contributed by atoms with Crippen molar-refractivity contribution in [1.29, 1.82) is 0 Å². The summed E-state index contributed by atoms with van der Waals surface area (Å²) in [5.74, 6) is 0. The van der Waals surface area contributed by atoms with E-state index in [-0.39, 0.29) is 10.8 Å². The number of hydrogen-bond donors (Lipinski definition) is 0. The molecule has 0 spiro atoms. The van der Waals surface area contributed by atoms with Crippen LogP contribution in [0.25, 0.3) is 43.8 Å². The Morgan fingerprint density at radius 1 is 0.343 bits per heavy atom. The van der Waals surface area contributed by atoms with Crippen LogP contribution >= 0.6 is 0 Å². The van der Waals surface area contributed by atoms with E-state index < -0.39 is 0 Å². The van der Waals surface area contributed by atoms with Gasteiger partial charge in [0.25, 0.3) is 0 Å². The molecule has 0 N–H and O–H groups in total. The SMILES string of the molecule is CCCCCCCCC1(CCCCCCCC)c2cc(Cc3cc4c(c5ccccc35)-c3ccc(C)cc3C4(CCCCCCCC)CCCCCCCC)c(C)cc2-c2c1cc(C)c1ccccc21.[2H][2H].[2H][2H]. The van der Waals surface area contributed by atoms with E-state index >= 15 is 0 Å². The second-order valence-electron chi connectivity index (χ2n) is 23.0. The maximum Gasteiger partial charge on any atom is 0.0215 e. The van der Waals surface area contributed by atoms with Gasteiger partial charge in [0.2, 0.25) is 0 Å². The van der Waals surface area contributed by atoms with Crippen LogP contribution < -0.4 is 0 Å². The standard InChI is InChI=1S/C70H94.2H2/c1-8-12-16-20-24-32-42-69(43-33-25-21-17-13-9-2)63-46-52(5)40-41-61(63)67-60-39-31-29-37-58(60)56(51-66(67)69)49-55-50-64-62(47-53(55)6)68-59-38-30-28-36-57(59)54(7)48-65(68)70(64,44-34-26-22-18-14-10-3)45-35-27-23-19-15-11-4;;/h28-31,36-41,46-48,50-51H,8-27,32-35,42-45,49H2,1-7H3;2*1H/i;2*1+1D. The second kappa shape index (κ2) is 25.0. The van der Waals surface area contributed by atoms with E-state index in [0.29, 0.717) is 0 Å². The first-order chi connectivity index (χ1) is 36.3. The summed E-state index contributed by atoms with van der Waals surface area (Å²) in [5.41, 5.74) is 20.2. The minimum atomic E-state index is 0.0420. The van der Waals surface area contributed by atoms with Crippen molar-refractivity contribution in [3.63, 3.8) is 0 Å². The molecule has 6 aromatic rings. The number of rotatable bonds is 30. The van der Waals surface area contributed by atoms with E-state index in [2.05, 4.69) is 139 Å². The Balaban J connectivity index is 0.00000218. The fraction of sp³-hybridized carbons (Fsp3) is 0.543. The van der Waals surface area contributed by atoms with Gasteiger partial charge < -0.3 is 0 Å². The Labute approximate surface area is 434 Å². The Morgan fingerprint density at radius 3 is 1.26 bits per heavy atom. The quantitative estimate of drug-likeness (QED) is 0.0395. The zero-order valence-corrected chi connectivity index (χ0v) is 45.7. The molecule has 0 heterocycles. The molecule has 0 aromatic heterocycles. The molecule has 0 heteroatoms. The lowest BCUT2D eigenvalue weighted by molar-refractivity contribution is 0.397. The number of unbranched alkanes of at least 4 members (excludes halogenated alkanes) is 20. The van der Waals surface area contributed by atoms with Gasteiger partial charge in [-0.2, -0.15) is 0 Å². The van der Waals surface area contributed by atoms with Crippen LogP contribution in [0, 0.1) is 20.8 Å². The molecule has 0 saturated heterocycles. The number of benzene rings is 6. The molecule has 8 rings (SSSR count). The molecule has 0 unspecified atom stereocenters. The highest BCUT2D eigenvalue weighted by Crippen LogP contribution is 2.59. The molecule has 0 bridgehead atoms. The van der Waals surface area contributed by atoms with Crippen molar-refractivity contribution in [3.05, 3.63) is 141 Å². The van der Waals surface area contributed by atoms with Gasteiger partial charge in [-0.1, -0.05) is 278 Å². The molecule has 0 radical (unpaired) electrons. The second-order valence-corrected chi connectivity index (χ2v) is 23.0. The summed E-state index contributed by atoms with van der Waals surface area (Å²) in [5, 5.41) is 5.82. The van der Waals surface area contributed by atoms with E-state index in [9.17, 15) is 0 Å². The Kier molecular flexibility index (Phi) is 17.6. The summed E-state index contributed by atoms with van der Waals surface area (Å²) in [7, 11) is 0. The molecule has 0 amide bonds. The van der Waals surface area contributed by atoms with Crippen LogP contribution in [0.3, 0.4) is 0 Å². The number of fused-ring (bicyclic) bond motifs is 10. The predicted molar refractivity (Wildman–Crippen MR) is 314 cm³/mol. The third kappa shape index (κ3) is 11.1. The first kappa shape index (κ1) is 49.4. The van der Waals surface area contributed by atoms with Gasteiger partial charge in [-0.25, -0.2) is 0 Å². The molecule has 0 aliphatic heterocycles. The Hall–Kier alpha value is -4.16. The van der Waals surface area contributed by atoms with E-state index in [1.165, 1.54) is 240 Å². The van der Waals surface area contributed by atoms with E-state index in [1.807, 2.05) is 0 Å². The van der Waals surface area contributed by atoms with Crippen LogP contribution in [0.1, 0.15) is 263 Å². The van der Waals surface area contributed by atoms with Gasteiger partial charge in [0, 0.05) is 16.8 Å². The van der Waals surface area contributed by atoms with Crippen molar-refractivity contribution >= 4 is 21.5 Å². The number of hydrogen-bond acceptors (Lipinski definition) is 0. The summed E-state index contributed by atoms with van der Waals surface area (Å²) in [6.45, 7) is 16.6. The lowest BCUT2D eigenvalue weighted by Crippen LogP contribution is -2.26. The zero-order valence-electron chi connectivity index (χ0n) is 49.7. The highest BCUT2D eigenvalue weighted by Gasteiger charge is 2.45. The number of aryl methyl sites for hydroxylation is 3. The van der Waals surface area contributed by atoms with Crippen LogP contribution in [0.15, 0.2) is 91.0 Å². The van der Waals surface area contributed by atoms with E-state index in [0.717, 1.165) is 6.42 Å². The lowest BCUT2D eigenvalue weighted by atomic mass is 9.69. The zero-order chi connectivity index (χ0) is 52.9. The van der Waals surface area contributed by atoms with E-state index in [1.54, 1.807) is 33.4 Å². The monoisotopic (exact) mass is 943 g/mol. The maximum absolute atomic E-state index is 5.00. The van der Waals surface area contributed by atoms with Gasteiger partial charge in [-0.15, -0.1) is 0 Å². The van der Waals surface area contributed by atoms with Gasteiger partial charge in [-0.05, 0) is 141 Å². The molecular weight excluding hydrogens is 841 g/mol. The molecule has 0 saturated carbocycles. The molecule has 70 heavy (non-hydrogen) atoms. The Bertz CT molecular complexity index is 2620. The molecule has 2 aliphatic carbocycles. The summed E-state index contributed by atoms with van der Waals surface area (Å²) in [6.07, 6.45) is 38.3. The van der Waals surface area contributed by atoms with Crippen LogP contribution in [-0.4, -0.2) is 0 Å². The van der Waals surface area contributed by atoms with Gasteiger partial charge in [0.15, 0.2) is 0 Å². The molecule has 6 aromatic carbocycles. The van der Waals surface area contributed by atoms with Crippen LogP contribution in [0.4, 0.5) is 0 Å². The predicted octanol–water partition coefficient (Wildman–Crippen LogP) is 22.5. The van der Waals surface area contributed by atoms with E-state index in [4.69, 9.17) is 5.94 Å². The minimum absolute atomic E-state index is 0.0420. The first-order valence-electron chi connectivity index (χ1n) is 31.7. The fourth-order valence-electron chi connectivity index (χ4n) is 14.0. The van der Waals surface area contributed by atoms with Crippen LogP contribution in [0.5, 0.6) is 0 Å². The first-order valence-corrected chi connectivity index (χ1v) is 29.7.